The summed E-state index contributed by atoms with van der Waals surface area (Å²) in [6, 6.07) is 2.10. The van der Waals surface area contributed by atoms with Crippen molar-refractivity contribution < 1.29 is 13.2 Å². The van der Waals surface area contributed by atoms with E-state index in [2.05, 4.69) is 19.2 Å². The second kappa shape index (κ2) is 5.06. The van der Waals surface area contributed by atoms with Crippen LogP contribution in [0.15, 0.2) is 16.5 Å². The van der Waals surface area contributed by atoms with Crippen molar-refractivity contribution in [3.05, 3.63) is 35.1 Å². The summed E-state index contributed by atoms with van der Waals surface area (Å²) < 4.78 is 32.2. The standard InChI is InChI=1S/C14H17F2NO/c1-8(2)6-17-7-13-9(3)14-11(16)4-10(15)5-12(14)18-13/h4-5,8,17H,6-7H2,1-3H3. The maximum atomic E-state index is 13.7. The largest absolute Gasteiger partial charge is 0.459 e. The first-order chi connectivity index (χ1) is 8.49. The molecule has 1 aromatic carbocycles. The number of rotatable bonds is 4. The maximum Gasteiger partial charge on any atom is 0.140 e. The lowest BCUT2D eigenvalue weighted by Crippen LogP contribution is -2.18. The molecule has 0 amide bonds. The molecule has 4 heteroatoms. The SMILES string of the molecule is Cc1c(CNCC(C)C)oc2cc(F)cc(F)c12. The highest BCUT2D eigenvalue weighted by atomic mass is 19.1. The van der Waals surface area contributed by atoms with Crippen molar-refractivity contribution in [3.8, 4) is 0 Å². The molecule has 98 valence electrons. The van der Waals surface area contributed by atoms with Crippen LogP contribution in [0.4, 0.5) is 8.78 Å². The lowest BCUT2D eigenvalue weighted by Gasteiger charge is -2.05. The third kappa shape index (κ3) is 2.53. The topological polar surface area (TPSA) is 25.2 Å². The Balaban J connectivity index is 2.30. The molecule has 2 nitrogen and oxygen atoms in total. The zero-order chi connectivity index (χ0) is 13.3. The zero-order valence-corrected chi connectivity index (χ0v) is 10.8. The Morgan fingerprint density at radius 1 is 1.28 bits per heavy atom. The highest BCUT2D eigenvalue weighted by Gasteiger charge is 2.15. The molecule has 0 fully saturated rings. The van der Waals surface area contributed by atoms with E-state index in [0.717, 1.165) is 18.2 Å². The maximum absolute atomic E-state index is 13.7. The summed E-state index contributed by atoms with van der Waals surface area (Å²) in [5.41, 5.74) is 1.00. The fourth-order valence-corrected chi connectivity index (χ4v) is 1.99. The van der Waals surface area contributed by atoms with Gasteiger partial charge in [0.25, 0.3) is 0 Å². The molecule has 0 aliphatic heterocycles. The molecule has 18 heavy (non-hydrogen) atoms. The minimum Gasteiger partial charge on any atom is -0.459 e. The number of furan rings is 1. The summed E-state index contributed by atoms with van der Waals surface area (Å²) in [4.78, 5) is 0. The molecule has 0 aliphatic rings. The van der Waals surface area contributed by atoms with Crippen molar-refractivity contribution in [1.82, 2.24) is 5.32 Å². The fraction of sp³-hybridized carbons (Fsp3) is 0.429. The van der Waals surface area contributed by atoms with Crippen LogP contribution in [0.2, 0.25) is 0 Å². The fourth-order valence-electron chi connectivity index (χ4n) is 1.99. The van der Waals surface area contributed by atoms with Gasteiger partial charge < -0.3 is 9.73 Å². The molecular weight excluding hydrogens is 236 g/mol. The Kier molecular flexibility index (Phi) is 3.66. The molecule has 0 spiro atoms. The Hall–Kier alpha value is -1.42. The Labute approximate surface area is 105 Å². The van der Waals surface area contributed by atoms with Gasteiger partial charge >= 0.3 is 0 Å². The van der Waals surface area contributed by atoms with E-state index in [4.69, 9.17) is 4.42 Å². The molecule has 2 aromatic rings. The molecule has 0 bridgehead atoms. The molecule has 1 aromatic heterocycles. The van der Waals surface area contributed by atoms with E-state index < -0.39 is 11.6 Å². The Morgan fingerprint density at radius 3 is 2.67 bits per heavy atom. The van der Waals surface area contributed by atoms with Gasteiger partial charge in [0.05, 0.1) is 11.9 Å². The van der Waals surface area contributed by atoms with Gasteiger partial charge in [0.15, 0.2) is 0 Å². The van der Waals surface area contributed by atoms with Gasteiger partial charge in [0.2, 0.25) is 0 Å². The van der Waals surface area contributed by atoms with Gasteiger partial charge in [0, 0.05) is 17.7 Å². The van der Waals surface area contributed by atoms with Crippen LogP contribution in [0.5, 0.6) is 0 Å². The quantitative estimate of drug-likeness (QED) is 0.897. The number of hydrogen-bond acceptors (Lipinski definition) is 2. The average Bonchev–Trinajstić information content (AvgIpc) is 2.55. The van der Waals surface area contributed by atoms with E-state index >= 15 is 0 Å². The van der Waals surface area contributed by atoms with Crippen LogP contribution in [-0.4, -0.2) is 6.54 Å². The molecule has 0 unspecified atom stereocenters. The lowest BCUT2D eigenvalue weighted by molar-refractivity contribution is 0.481. The Bertz CT molecular complexity index is 560. The summed E-state index contributed by atoms with van der Waals surface area (Å²) in [7, 11) is 0. The molecule has 0 radical (unpaired) electrons. The molecule has 2 rings (SSSR count). The van der Waals surface area contributed by atoms with E-state index in [1.807, 2.05) is 0 Å². The molecular formula is C14H17F2NO. The second-order valence-corrected chi connectivity index (χ2v) is 4.94. The van der Waals surface area contributed by atoms with E-state index in [-0.39, 0.29) is 5.58 Å². The zero-order valence-electron chi connectivity index (χ0n) is 10.8. The van der Waals surface area contributed by atoms with E-state index in [9.17, 15) is 8.78 Å². The van der Waals surface area contributed by atoms with E-state index in [1.165, 1.54) is 6.07 Å². The molecule has 0 saturated carbocycles. The second-order valence-electron chi connectivity index (χ2n) is 4.94. The van der Waals surface area contributed by atoms with Crippen LogP contribution < -0.4 is 5.32 Å². The molecule has 0 saturated heterocycles. The van der Waals surface area contributed by atoms with Crippen molar-refractivity contribution >= 4 is 11.0 Å². The van der Waals surface area contributed by atoms with Crippen LogP contribution in [0.25, 0.3) is 11.0 Å². The Morgan fingerprint density at radius 2 is 2.00 bits per heavy atom. The summed E-state index contributed by atoms with van der Waals surface area (Å²) in [6.45, 7) is 7.38. The normalized spacial score (nSPS) is 11.7. The van der Waals surface area contributed by atoms with Crippen LogP contribution in [0.3, 0.4) is 0 Å². The van der Waals surface area contributed by atoms with E-state index in [1.54, 1.807) is 6.92 Å². The number of nitrogens with one attached hydrogen (secondary N) is 1. The van der Waals surface area contributed by atoms with Crippen molar-refractivity contribution in [2.75, 3.05) is 6.54 Å². The minimum atomic E-state index is -0.615. The van der Waals surface area contributed by atoms with Gasteiger partial charge in [-0.05, 0) is 19.4 Å². The van der Waals surface area contributed by atoms with Crippen molar-refractivity contribution in [3.63, 3.8) is 0 Å². The van der Waals surface area contributed by atoms with Crippen LogP contribution in [0.1, 0.15) is 25.2 Å². The van der Waals surface area contributed by atoms with Gasteiger partial charge in [0.1, 0.15) is 23.0 Å². The van der Waals surface area contributed by atoms with Gasteiger partial charge in [-0.15, -0.1) is 0 Å². The van der Waals surface area contributed by atoms with Crippen LogP contribution >= 0.6 is 0 Å². The summed E-state index contributed by atoms with van der Waals surface area (Å²) in [5, 5.41) is 3.60. The third-order valence-electron chi connectivity index (χ3n) is 2.88. The van der Waals surface area contributed by atoms with Crippen molar-refractivity contribution in [2.24, 2.45) is 5.92 Å². The molecule has 1 N–H and O–H groups in total. The van der Waals surface area contributed by atoms with Crippen molar-refractivity contribution in [1.29, 1.82) is 0 Å². The number of halogens is 2. The summed E-state index contributed by atoms with van der Waals surface area (Å²) >= 11 is 0. The number of fused-ring (bicyclic) bond motifs is 1. The molecule has 0 atom stereocenters. The highest BCUT2D eigenvalue weighted by Crippen LogP contribution is 2.28. The lowest BCUT2D eigenvalue weighted by atomic mass is 10.1. The first-order valence-corrected chi connectivity index (χ1v) is 6.06. The van der Waals surface area contributed by atoms with Gasteiger partial charge in [-0.1, -0.05) is 13.8 Å². The van der Waals surface area contributed by atoms with Crippen LogP contribution in [0, 0.1) is 24.5 Å². The highest BCUT2D eigenvalue weighted by molar-refractivity contribution is 5.82. The first kappa shape index (κ1) is 13.0. The molecule has 0 aliphatic carbocycles. The van der Waals surface area contributed by atoms with Gasteiger partial charge in [-0.3, -0.25) is 0 Å². The number of hydrogen-bond donors (Lipinski definition) is 1. The predicted molar refractivity (Wildman–Crippen MR) is 67.4 cm³/mol. The third-order valence-corrected chi connectivity index (χ3v) is 2.88. The minimum absolute atomic E-state index is 0.270. The summed E-state index contributed by atoms with van der Waals surface area (Å²) in [6.07, 6.45) is 0. The number of benzene rings is 1. The molecule has 1 heterocycles. The first-order valence-electron chi connectivity index (χ1n) is 6.06. The number of aryl methyl sites for hydroxylation is 1. The average molecular weight is 253 g/mol. The van der Waals surface area contributed by atoms with Gasteiger partial charge in [-0.25, -0.2) is 8.78 Å². The monoisotopic (exact) mass is 253 g/mol. The van der Waals surface area contributed by atoms with E-state index in [0.29, 0.717) is 23.6 Å². The van der Waals surface area contributed by atoms with Crippen molar-refractivity contribution in [2.45, 2.75) is 27.3 Å². The summed E-state index contributed by atoms with van der Waals surface area (Å²) in [5.74, 6) is 0.0100. The predicted octanol–water partition coefficient (Wildman–Crippen LogP) is 3.77. The van der Waals surface area contributed by atoms with Crippen LogP contribution in [-0.2, 0) is 6.54 Å². The smallest absolute Gasteiger partial charge is 0.140 e. The van der Waals surface area contributed by atoms with Gasteiger partial charge in [-0.2, -0.15) is 0 Å².